The fourth-order valence-electron chi connectivity index (χ4n) is 2.55. The lowest BCUT2D eigenvalue weighted by Gasteiger charge is -2.03. The average molecular weight is 384 g/mol. The predicted molar refractivity (Wildman–Crippen MR) is 102 cm³/mol. The van der Waals surface area contributed by atoms with Crippen LogP contribution in [0.2, 0.25) is 10.0 Å². The minimum absolute atomic E-state index is 0.292. The highest BCUT2D eigenvalue weighted by atomic mass is 35.5. The summed E-state index contributed by atoms with van der Waals surface area (Å²) in [5.41, 5.74) is 2.48. The van der Waals surface area contributed by atoms with Gasteiger partial charge in [-0.2, -0.15) is 0 Å². The summed E-state index contributed by atoms with van der Waals surface area (Å²) in [6.45, 7) is 0. The third-order valence-corrected chi connectivity index (χ3v) is 4.38. The Morgan fingerprint density at radius 2 is 1.88 bits per heavy atom. The number of carbonyl (C=O) groups is 1. The van der Waals surface area contributed by atoms with Gasteiger partial charge in [-0.3, -0.25) is 9.78 Å². The number of rotatable bonds is 3. The van der Waals surface area contributed by atoms with E-state index in [-0.39, 0.29) is 5.91 Å². The molecule has 0 unspecified atom stereocenters. The molecule has 6 nitrogen and oxygen atoms in total. The number of aromatic amines is 1. The first-order valence-electron chi connectivity index (χ1n) is 7.63. The van der Waals surface area contributed by atoms with E-state index < -0.39 is 0 Å². The zero-order valence-corrected chi connectivity index (χ0v) is 14.7. The van der Waals surface area contributed by atoms with Crippen molar-refractivity contribution in [1.29, 1.82) is 0 Å². The molecular formula is C18H11Cl2N5O. The SMILES string of the molecule is O=C(Nc1cnccn1)c1ccc2nc(-c3c(Cl)cccc3Cl)[nH]c2c1. The van der Waals surface area contributed by atoms with Crippen LogP contribution in [-0.4, -0.2) is 25.8 Å². The van der Waals surface area contributed by atoms with Crippen molar-refractivity contribution < 1.29 is 4.79 Å². The van der Waals surface area contributed by atoms with Crippen molar-refractivity contribution in [1.82, 2.24) is 19.9 Å². The molecule has 4 rings (SSSR count). The molecule has 2 aromatic carbocycles. The highest BCUT2D eigenvalue weighted by Crippen LogP contribution is 2.33. The van der Waals surface area contributed by atoms with Gasteiger partial charge in [0, 0.05) is 18.0 Å². The molecule has 2 N–H and O–H groups in total. The maximum atomic E-state index is 12.4. The van der Waals surface area contributed by atoms with Gasteiger partial charge in [0.25, 0.3) is 5.91 Å². The summed E-state index contributed by atoms with van der Waals surface area (Å²) < 4.78 is 0. The Kier molecular flexibility index (Phi) is 4.28. The van der Waals surface area contributed by atoms with Crippen LogP contribution in [0.4, 0.5) is 5.82 Å². The molecule has 0 atom stereocenters. The number of anilines is 1. The number of amides is 1. The number of nitrogens with one attached hydrogen (secondary N) is 2. The summed E-state index contributed by atoms with van der Waals surface area (Å²) in [6, 6.07) is 10.4. The molecule has 0 saturated heterocycles. The van der Waals surface area contributed by atoms with E-state index in [1.165, 1.54) is 18.6 Å². The Labute approximate surface area is 158 Å². The Morgan fingerprint density at radius 3 is 2.62 bits per heavy atom. The first-order valence-corrected chi connectivity index (χ1v) is 8.39. The fraction of sp³-hybridized carbons (Fsp3) is 0. The molecule has 2 heterocycles. The molecule has 0 aliphatic heterocycles. The molecule has 1 amide bonds. The average Bonchev–Trinajstić information content (AvgIpc) is 3.05. The van der Waals surface area contributed by atoms with Crippen molar-refractivity contribution in [3.8, 4) is 11.4 Å². The van der Waals surface area contributed by atoms with Gasteiger partial charge in [0.05, 0.1) is 32.8 Å². The third-order valence-electron chi connectivity index (χ3n) is 3.75. The van der Waals surface area contributed by atoms with Crippen LogP contribution in [0.25, 0.3) is 22.4 Å². The zero-order valence-electron chi connectivity index (χ0n) is 13.2. The van der Waals surface area contributed by atoms with Crippen LogP contribution in [-0.2, 0) is 0 Å². The summed E-state index contributed by atoms with van der Waals surface area (Å²) in [7, 11) is 0. The van der Waals surface area contributed by atoms with Crippen LogP contribution < -0.4 is 5.32 Å². The van der Waals surface area contributed by atoms with E-state index in [9.17, 15) is 4.79 Å². The van der Waals surface area contributed by atoms with Crippen molar-refractivity contribution in [2.24, 2.45) is 0 Å². The van der Waals surface area contributed by atoms with E-state index >= 15 is 0 Å². The van der Waals surface area contributed by atoms with Crippen LogP contribution in [0.5, 0.6) is 0 Å². The van der Waals surface area contributed by atoms with Crippen LogP contribution in [0.15, 0.2) is 55.0 Å². The maximum absolute atomic E-state index is 12.4. The number of aromatic nitrogens is 4. The van der Waals surface area contributed by atoms with E-state index in [0.29, 0.717) is 43.8 Å². The van der Waals surface area contributed by atoms with Crippen molar-refractivity contribution in [3.63, 3.8) is 0 Å². The van der Waals surface area contributed by atoms with Gasteiger partial charge in [0.2, 0.25) is 0 Å². The van der Waals surface area contributed by atoms with Gasteiger partial charge in [-0.15, -0.1) is 0 Å². The molecule has 4 aromatic rings. The van der Waals surface area contributed by atoms with E-state index in [1.54, 1.807) is 36.4 Å². The molecular weight excluding hydrogens is 373 g/mol. The second-order valence-corrected chi connectivity index (χ2v) is 6.27. The fourth-order valence-corrected chi connectivity index (χ4v) is 3.12. The molecule has 0 bridgehead atoms. The van der Waals surface area contributed by atoms with Crippen molar-refractivity contribution in [3.05, 3.63) is 70.6 Å². The second-order valence-electron chi connectivity index (χ2n) is 5.46. The van der Waals surface area contributed by atoms with Gasteiger partial charge in [-0.25, -0.2) is 9.97 Å². The number of benzene rings is 2. The monoisotopic (exact) mass is 383 g/mol. The second kappa shape index (κ2) is 6.74. The predicted octanol–water partition coefficient (Wildman–Crippen LogP) is 4.58. The Bertz CT molecular complexity index is 1090. The number of nitrogens with zero attached hydrogens (tertiary/aromatic N) is 3. The minimum atomic E-state index is -0.292. The summed E-state index contributed by atoms with van der Waals surface area (Å²) in [6.07, 6.45) is 4.52. The summed E-state index contributed by atoms with van der Waals surface area (Å²) in [4.78, 5) is 28.0. The number of imidazole rings is 1. The highest BCUT2D eigenvalue weighted by Gasteiger charge is 2.14. The molecule has 2 aromatic heterocycles. The molecule has 0 radical (unpaired) electrons. The first kappa shape index (κ1) is 16.5. The van der Waals surface area contributed by atoms with E-state index in [4.69, 9.17) is 23.2 Å². The van der Waals surface area contributed by atoms with Gasteiger partial charge >= 0.3 is 0 Å². The number of H-pyrrole nitrogens is 1. The van der Waals surface area contributed by atoms with Gasteiger partial charge < -0.3 is 10.3 Å². The molecule has 0 aliphatic rings. The Balaban J connectivity index is 1.69. The number of hydrogen-bond donors (Lipinski definition) is 2. The summed E-state index contributed by atoms with van der Waals surface area (Å²) in [5.74, 6) is 0.632. The quantitative estimate of drug-likeness (QED) is 0.542. The van der Waals surface area contributed by atoms with Crippen molar-refractivity contribution in [2.45, 2.75) is 0 Å². The largest absolute Gasteiger partial charge is 0.338 e. The third kappa shape index (κ3) is 3.12. The van der Waals surface area contributed by atoms with Gasteiger partial charge in [-0.1, -0.05) is 29.3 Å². The number of fused-ring (bicyclic) bond motifs is 1. The molecule has 0 fully saturated rings. The summed E-state index contributed by atoms with van der Waals surface area (Å²) >= 11 is 12.5. The van der Waals surface area contributed by atoms with Crippen molar-refractivity contribution in [2.75, 3.05) is 5.32 Å². The van der Waals surface area contributed by atoms with Crippen LogP contribution in [0.1, 0.15) is 10.4 Å². The lowest BCUT2D eigenvalue weighted by Crippen LogP contribution is -2.12. The standard InChI is InChI=1S/C18H11Cl2N5O/c19-11-2-1-3-12(20)16(11)17-23-13-5-4-10(8-14(13)24-17)18(26)25-15-9-21-6-7-22-15/h1-9H,(H,23,24)(H,22,25,26). The van der Waals surface area contributed by atoms with Gasteiger partial charge in [0.15, 0.2) is 5.82 Å². The van der Waals surface area contributed by atoms with Gasteiger partial charge in [0.1, 0.15) is 5.82 Å². The number of halogens is 2. The number of hydrogen-bond acceptors (Lipinski definition) is 4. The van der Waals surface area contributed by atoms with Crippen molar-refractivity contribution >= 4 is 46.0 Å². The summed E-state index contributed by atoms with van der Waals surface area (Å²) in [5, 5.41) is 3.69. The molecule has 128 valence electrons. The minimum Gasteiger partial charge on any atom is -0.338 e. The molecule has 26 heavy (non-hydrogen) atoms. The van der Waals surface area contributed by atoms with E-state index in [2.05, 4.69) is 25.3 Å². The van der Waals surface area contributed by atoms with Crippen LogP contribution in [0, 0.1) is 0 Å². The highest BCUT2D eigenvalue weighted by molar-refractivity contribution is 6.39. The zero-order chi connectivity index (χ0) is 18.1. The van der Waals surface area contributed by atoms with E-state index in [1.807, 2.05) is 0 Å². The van der Waals surface area contributed by atoms with Gasteiger partial charge in [-0.05, 0) is 30.3 Å². The smallest absolute Gasteiger partial charge is 0.256 e. The Morgan fingerprint density at radius 1 is 1.08 bits per heavy atom. The first-order chi connectivity index (χ1) is 12.6. The molecule has 0 spiro atoms. The molecule has 0 aliphatic carbocycles. The Hall–Kier alpha value is -2.96. The molecule has 0 saturated carbocycles. The van der Waals surface area contributed by atoms with Crippen LogP contribution in [0.3, 0.4) is 0 Å². The normalized spacial score (nSPS) is 10.8. The maximum Gasteiger partial charge on any atom is 0.256 e. The van der Waals surface area contributed by atoms with Crippen LogP contribution >= 0.6 is 23.2 Å². The lowest BCUT2D eigenvalue weighted by molar-refractivity contribution is 0.102. The topological polar surface area (TPSA) is 83.6 Å². The van der Waals surface area contributed by atoms with E-state index in [0.717, 1.165) is 0 Å². The number of carbonyl (C=O) groups excluding carboxylic acids is 1. The lowest BCUT2D eigenvalue weighted by atomic mass is 10.2. The molecule has 8 heteroatoms.